The van der Waals surface area contributed by atoms with Gasteiger partial charge in [0, 0.05) is 25.2 Å². The number of carbonyl (C=O) groups is 2. The van der Waals surface area contributed by atoms with Gasteiger partial charge in [-0.1, -0.05) is 30.4 Å². The Hall–Kier alpha value is -2.60. The molecule has 0 saturated carbocycles. The lowest BCUT2D eigenvalue weighted by atomic mass is 10.2. The Balaban J connectivity index is 2.78. The fourth-order valence-electron chi connectivity index (χ4n) is 2.13. The fourth-order valence-corrected chi connectivity index (χ4v) is 2.13. The summed E-state index contributed by atoms with van der Waals surface area (Å²) in [7, 11) is 1.59. The Morgan fingerprint density at radius 1 is 1.08 bits per heavy atom. The smallest absolute Gasteiger partial charge is 0.234 e. The first kappa shape index (κ1) is 19.4. The molecule has 0 heterocycles. The van der Waals surface area contributed by atoms with Crippen LogP contribution in [0.4, 0.5) is 0 Å². The molecule has 2 amide bonds. The first-order valence-corrected chi connectivity index (χ1v) is 7.70. The number of benzene rings is 1. The van der Waals surface area contributed by atoms with Gasteiger partial charge in [0.25, 0.3) is 0 Å². The van der Waals surface area contributed by atoms with Crippen LogP contribution in [0, 0.1) is 0 Å². The van der Waals surface area contributed by atoms with E-state index in [1.165, 1.54) is 0 Å². The van der Waals surface area contributed by atoms with Crippen molar-refractivity contribution in [2.45, 2.75) is 6.54 Å². The molecule has 0 spiro atoms. The summed E-state index contributed by atoms with van der Waals surface area (Å²) in [5.74, 6) is 0.392. The molecule has 6 heteroatoms. The highest BCUT2D eigenvalue weighted by molar-refractivity contribution is 5.81. The Kier molecular flexibility index (Phi) is 8.93. The molecule has 0 bridgehead atoms. The second-order valence-corrected chi connectivity index (χ2v) is 5.14. The molecule has 24 heavy (non-hydrogen) atoms. The Labute approximate surface area is 143 Å². The maximum Gasteiger partial charge on any atom is 0.234 e. The second-order valence-electron chi connectivity index (χ2n) is 5.14. The Bertz CT molecular complexity index is 546. The number of para-hydroxylation sites is 1. The van der Waals surface area contributed by atoms with Crippen LogP contribution >= 0.6 is 0 Å². The van der Waals surface area contributed by atoms with Gasteiger partial charge in [0.15, 0.2) is 0 Å². The molecule has 1 rings (SSSR count). The monoisotopic (exact) mass is 331 g/mol. The molecule has 1 aromatic carbocycles. The molecule has 6 nitrogen and oxygen atoms in total. The van der Waals surface area contributed by atoms with E-state index in [9.17, 15) is 9.59 Å². The topological polar surface area (TPSA) is 70.7 Å². The normalized spacial score (nSPS) is 10.1. The van der Waals surface area contributed by atoms with Crippen molar-refractivity contribution < 1.29 is 14.3 Å². The molecule has 1 aromatic rings. The summed E-state index contributed by atoms with van der Waals surface area (Å²) in [5, 5.41) is 5.43. The number of carbonyl (C=O) groups excluding carboxylic acids is 2. The third-order valence-corrected chi connectivity index (χ3v) is 3.21. The largest absolute Gasteiger partial charge is 0.496 e. The summed E-state index contributed by atoms with van der Waals surface area (Å²) in [6.45, 7) is 8.55. The van der Waals surface area contributed by atoms with Gasteiger partial charge in [0.1, 0.15) is 5.75 Å². The SMILES string of the molecule is C=CCNC(=O)CN(CC(=O)NCC=C)Cc1ccccc1OC. The number of nitrogens with one attached hydrogen (secondary N) is 2. The highest BCUT2D eigenvalue weighted by Gasteiger charge is 2.16. The van der Waals surface area contributed by atoms with Crippen LogP contribution < -0.4 is 15.4 Å². The summed E-state index contributed by atoms with van der Waals surface area (Å²) in [4.78, 5) is 25.7. The van der Waals surface area contributed by atoms with Crippen molar-refractivity contribution in [2.75, 3.05) is 33.3 Å². The van der Waals surface area contributed by atoms with E-state index in [0.29, 0.717) is 19.6 Å². The molecule has 0 aliphatic carbocycles. The van der Waals surface area contributed by atoms with Crippen LogP contribution in [0.3, 0.4) is 0 Å². The highest BCUT2D eigenvalue weighted by atomic mass is 16.5. The predicted molar refractivity (Wildman–Crippen MR) is 94.7 cm³/mol. The van der Waals surface area contributed by atoms with Crippen LogP contribution in [0.25, 0.3) is 0 Å². The molecule has 0 fully saturated rings. The molecule has 0 saturated heterocycles. The van der Waals surface area contributed by atoms with Crippen molar-refractivity contribution in [3.63, 3.8) is 0 Å². The molecule has 0 aliphatic rings. The molecule has 0 radical (unpaired) electrons. The minimum absolute atomic E-state index is 0.105. The maximum atomic E-state index is 12.0. The van der Waals surface area contributed by atoms with E-state index in [4.69, 9.17) is 4.74 Å². The van der Waals surface area contributed by atoms with Crippen molar-refractivity contribution in [1.82, 2.24) is 15.5 Å². The van der Waals surface area contributed by atoms with E-state index in [1.807, 2.05) is 24.3 Å². The number of nitrogens with zero attached hydrogens (tertiary/aromatic N) is 1. The van der Waals surface area contributed by atoms with Crippen molar-refractivity contribution in [3.8, 4) is 5.75 Å². The molecule has 130 valence electrons. The Morgan fingerprint density at radius 3 is 2.12 bits per heavy atom. The molecular formula is C18H25N3O3. The number of rotatable bonds is 11. The lowest BCUT2D eigenvalue weighted by Crippen LogP contribution is -2.42. The fraction of sp³-hybridized carbons (Fsp3) is 0.333. The van der Waals surface area contributed by atoms with Crippen LogP contribution in [-0.4, -0.2) is 50.0 Å². The van der Waals surface area contributed by atoms with Gasteiger partial charge >= 0.3 is 0 Å². The number of ether oxygens (including phenoxy) is 1. The number of amides is 2. The van der Waals surface area contributed by atoms with Gasteiger partial charge < -0.3 is 15.4 Å². The minimum Gasteiger partial charge on any atom is -0.496 e. The van der Waals surface area contributed by atoms with E-state index in [-0.39, 0.29) is 24.9 Å². The lowest BCUT2D eigenvalue weighted by Gasteiger charge is -2.22. The second kappa shape index (κ2) is 11.0. The maximum absolute atomic E-state index is 12.0. The van der Waals surface area contributed by atoms with E-state index < -0.39 is 0 Å². The van der Waals surface area contributed by atoms with Gasteiger partial charge in [-0.25, -0.2) is 0 Å². The summed E-state index contributed by atoms with van der Waals surface area (Å²) in [6, 6.07) is 7.53. The molecular weight excluding hydrogens is 306 g/mol. The van der Waals surface area contributed by atoms with Crippen LogP contribution in [0.1, 0.15) is 5.56 Å². The summed E-state index contributed by atoms with van der Waals surface area (Å²) < 4.78 is 5.33. The quantitative estimate of drug-likeness (QED) is 0.596. The number of methoxy groups -OCH3 is 1. The van der Waals surface area contributed by atoms with Crippen LogP contribution in [0.5, 0.6) is 5.75 Å². The van der Waals surface area contributed by atoms with E-state index in [0.717, 1.165) is 11.3 Å². The predicted octanol–water partition coefficient (Wildman–Crippen LogP) is 1.10. The standard InChI is InChI=1S/C18H25N3O3/c1-4-10-19-17(22)13-21(14-18(23)20-11-5-2)12-15-8-6-7-9-16(15)24-3/h4-9H,1-2,10-14H2,3H3,(H,19,22)(H,20,23). The first-order valence-electron chi connectivity index (χ1n) is 7.70. The average Bonchev–Trinajstić information content (AvgIpc) is 2.58. The van der Waals surface area contributed by atoms with Crippen LogP contribution in [0.2, 0.25) is 0 Å². The van der Waals surface area contributed by atoms with E-state index >= 15 is 0 Å². The van der Waals surface area contributed by atoms with Gasteiger partial charge in [-0.2, -0.15) is 0 Å². The van der Waals surface area contributed by atoms with Crippen LogP contribution in [0.15, 0.2) is 49.6 Å². The third kappa shape index (κ3) is 7.11. The van der Waals surface area contributed by atoms with Gasteiger partial charge in [0.2, 0.25) is 11.8 Å². The van der Waals surface area contributed by atoms with Crippen molar-refractivity contribution in [1.29, 1.82) is 0 Å². The zero-order valence-corrected chi connectivity index (χ0v) is 14.1. The molecule has 0 aliphatic heterocycles. The molecule has 0 unspecified atom stereocenters. The first-order chi connectivity index (χ1) is 11.6. The van der Waals surface area contributed by atoms with Crippen molar-refractivity contribution >= 4 is 11.8 Å². The molecule has 0 aromatic heterocycles. The zero-order valence-electron chi connectivity index (χ0n) is 14.1. The minimum atomic E-state index is -0.165. The van der Waals surface area contributed by atoms with Gasteiger partial charge in [0.05, 0.1) is 20.2 Å². The summed E-state index contributed by atoms with van der Waals surface area (Å²) in [6.07, 6.45) is 3.22. The van der Waals surface area contributed by atoms with Gasteiger partial charge in [-0.05, 0) is 6.07 Å². The van der Waals surface area contributed by atoms with Crippen LogP contribution in [-0.2, 0) is 16.1 Å². The molecule has 0 atom stereocenters. The molecule has 2 N–H and O–H groups in total. The average molecular weight is 331 g/mol. The zero-order chi connectivity index (χ0) is 17.8. The van der Waals surface area contributed by atoms with E-state index in [1.54, 1.807) is 24.2 Å². The van der Waals surface area contributed by atoms with Gasteiger partial charge in [-0.3, -0.25) is 14.5 Å². The Morgan fingerprint density at radius 2 is 1.62 bits per heavy atom. The van der Waals surface area contributed by atoms with Crippen molar-refractivity contribution in [3.05, 3.63) is 55.1 Å². The van der Waals surface area contributed by atoms with E-state index in [2.05, 4.69) is 23.8 Å². The highest BCUT2D eigenvalue weighted by Crippen LogP contribution is 2.19. The lowest BCUT2D eigenvalue weighted by molar-refractivity contribution is -0.125. The van der Waals surface area contributed by atoms with Crippen molar-refractivity contribution in [2.24, 2.45) is 0 Å². The third-order valence-electron chi connectivity index (χ3n) is 3.21. The number of hydrogen-bond donors (Lipinski definition) is 2. The summed E-state index contributed by atoms with van der Waals surface area (Å²) in [5.41, 5.74) is 0.910. The number of hydrogen-bond acceptors (Lipinski definition) is 4. The summed E-state index contributed by atoms with van der Waals surface area (Å²) >= 11 is 0. The van der Waals surface area contributed by atoms with Gasteiger partial charge in [-0.15, -0.1) is 13.2 Å².